The number of hydrogen-bond donors (Lipinski definition) is 1. The molecule has 2 atom stereocenters. The van der Waals surface area contributed by atoms with E-state index in [-0.39, 0.29) is 12.5 Å². The second-order valence-electron chi connectivity index (χ2n) is 6.86. The van der Waals surface area contributed by atoms with Crippen LogP contribution in [0.5, 0.6) is 11.5 Å². The molecule has 146 valence electrons. The molecule has 1 aliphatic rings. The average Bonchev–Trinajstić information content (AvgIpc) is 3.38. The summed E-state index contributed by atoms with van der Waals surface area (Å²) in [6, 6.07) is 18.6. The summed E-state index contributed by atoms with van der Waals surface area (Å²) in [4.78, 5) is 12.6. The molecule has 1 N–H and O–H groups in total. The van der Waals surface area contributed by atoms with Crippen molar-refractivity contribution in [3.63, 3.8) is 0 Å². The Kier molecular flexibility index (Phi) is 4.20. The van der Waals surface area contributed by atoms with E-state index in [1.165, 1.54) is 0 Å². The highest BCUT2D eigenvalue weighted by atomic mass is 16.6. The van der Waals surface area contributed by atoms with Crippen molar-refractivity contribution in [3.8, 4) is 23.0 Å². The third-order valence-electron chi connectivity index (χ3n) is 4.77. The fourth-order valence-electron chi connectivity index (χ4n) is 3.30. The van der Waals surface area contributed by atoms with Crippen molar-refractivity contribution >= 4 is 16.9 Å². The number of amides is 1. The molecule has 0 bridgehead atoms. The van der Waals surface area contributed by atoms with Gasteiger partial charge in [-0.05, 0) is 31.2 Å². The number of rotatable bonds is 4. The van der Waals surface area contributed by atoms with Gasteiger partial charge in [0.25, 0.3) is 5.91 Å². The minimum atomic E-state index is -0.744. The minimum Gasteiger partial charge on any atom is -0.482 e. The number of furan rings is 1. The SMILES string of the molecule is C[C@H]1Oc2ccccc2O[C@H]1C(=O)NCc1cc(-c2cc3ccccc3o2)on1. The van der Waals surface area contributed by atoms with Crippen LogP contribution >= 0.6 is 0 Å². The Balaban J connectivity index is 1.25. The molecule has 29 heavy (non-hydrogen) atoms. The molecule has 1 aliphatic heterocycles. The van der Waals surface area contributed by atoms with Crippen LogP contribution in [0.4, 0.5) is 0 Å². The van der Waals surface area contributed by atoms with Crippen LogP contribution in [0.2, 0.25) is 0 Å². The first-order chi connectivity index (χ1) is 14.2. The highest BCUT2D eigenvalue weighted by Crippen LogP contribution is 2.33. The molecule has 1 amide bonds. The predicted octanol–water partition coefficient (Wildman–Crippen LogP) is 3.93. The smallest absolute Gasteiger partial charge is 0.265 e. The van der Waals surface area contributed by atoms with Gasteiger partial charge in [0.15, 0.2) is 17.3 Å². The number of carbonyl (C=O) groups is 1. The van der Waals surface area contributed by atoms with Gasteiger partial charge in [-0.3, -0.25) is 4.79 Å². The first kappa shape index (κ1) is 17.4. The molecule has 0 fully saturated rings. The molecule has 5 rings (SSSR count). The molecule has 2 aromatic carbocycles. The lowest BCUT2D eigenvalue weighted by Crippen LogP contribution is -2.48. The number of ether oxygens (including phenoxy) is 2. The molecular weight excluding hydrogens is 372 g/mol. The van der Waals surface area contributed by atoms with Gasteiger partial charge in [0, 0.05) is 11.5 Å². The summed E-state index contributed by atoms with van der Waals surface area (Å²) in [5.74, 6) is 2.01. The van der Waals surface area contributed by atoms with Crippen molar-refractivity contribution in [2.24, 2.45) is 0 Å². The summed E-state index contributed by atoms with van der Waals surface area (Å²) < 4.78 is 22.7. The van der Waals surface area contributed by atoms with Gasteiger partial charge in [-0.2, -0.15) is 0 Å². The Morgan fingerprint density at radius 2 is 1.76 bits per heavy atom. The molecule has 0 spiro atoms. The summed E-state index contributed by atoms with van der Waals surface area (Å²) in [5, 5.41) is 7.82. The van der Waals surface area contributed by atoms with Crippen molar-refractivity contribution in [1.82, 2.24) is 10.5 Å². The lowest BCUT2D eigenvalue weighted by molar-refractivity contribution is -0.133. The summed E-state index contributed by atoms with van der Waals surface area (Å²) in [6.07, 6.45) is -1.15. The molecular formula is C22H18N2O5. The second-order valence-corrected chi connectivity index (χ2v) is 6.86. The average molecular weight is 390 g/mol. The van der Waals surface area contributed by atoms with E-state index in [0.717, 1.165) is 11.0 Å². The predicted molar refractivity (Wildman–Crippen MR) is 105 cm³/mol. The second kappa shape index (κ2) is 7.01. The standard InChI is InChI=1S/C22H18N2O5/c1-13-21(28-18-9-5-4-8-17(18)26-13)22(25)23-12-15-11-20(29-24-15)19-10-14-6-2-3-7-16(14)27-19/h2-11,13,21H,12H2,1H3,(H,23,25)/t13-,21-/m1/s1. The zero-order valence-corrected chi connectivity index (χ0v) is 15.6. The Bertz CT molecular complexity index is 1150. The highest BCUT2D eigenvalue weighted by Gasteiger charge is 2.34. The van der Waals surface area contributed by atoms with Crippen molar-refractivity contribution < 1.29 is 23.2 Å². The Hall–Kier alpha value is -3.74. The van der Waals surface area contributed by atoms with Crippen LogP contribution in [0, 0.1) is 0 Å². The normalized spacial score (nSPS) is 18.0. The van der Waals surface area contributed by atoms with Gasteiger partial charge >= 0.3 is 0 Å². The highest BCUT2D eigenvalue weighted by molar-refractivity contribution is 5.83. The van der Waals surface area contributed by atoms with E-state index in [1.54, 1.807) is 19.1 Å². The van der Waals surface area contributed by atoms with Crippen LogP contribution in [-0.4, -0.2) is 23.3 Å². The van der Waals surface area contributed by atoms with Crippen LogP contribution < -0.4 is 14.8 Å². The van der Waals surface area contributed by atoms with Crippen molar-refractivity contribution in [2.45, 2.75) is 25.7 Å². The van der Waals surface area contributed by atoms with Crippen LogP contribution in [0.25, 0.3) is 22.5 Å². The zero-order chi connectivity index (χ0) is 19.8. The van der Waals surface area contributed by atoms with Crippen LogP contribution in [-0.2, 0) is 11.3 Å². The van der Waals surface area contributed by atoms with Gasteiger partial charge in [0.05, 0.1) is 6.54 Å². The maximum atomic E-state index is 12.6. The largest absolute Gasteiger partial charge is 0.482 e. The molecule has 0 saturated heterocycles. The van der Waals surface area contributed by atoms with E-state index in [1.807, 2.05) is 48.5 Å². The molecule has 2 aromatic heterocycles. The molecule has 0 aliphatic carbocycles. The van der Waals surface area contributed by atoms with Crippen molar-refractivity contribution in [1.29, 1.82) is 0 Å². The third kappa shape index (κ3) is 3.31. The fourth-order valence-corrected chi connectivity index (χ4v) is 3.30. The van der Waals surface area contributed by atoms with Gasteiger partial charge in [0.1, 0.15) is 17.4 Å². The third-order valence-corrected chi connectivity index (χ3v) is 4.77. The molecule has 0 unspecified atom stereocenters. The van der Waals surface area contributed by atoms with Crippen LogP contribution in [0.1, 0.15) is 12.6 Å². The number of carbonyl (C=O) groups excluding carboxylic acids is 1. The van der Waals surface area contributed by atoms with Gasteiger partial charge in [-0.1, -0.05) is 35.5 Å². The Morgan fingerprint density at radius 3 is 2.59 bits per heavy atom. The first-order valence-electron chi connectivity index (χ1n) is 9.32. The monoisotopic (exact) mass is 390 g/mol. The molecule has 0 radical (unpaired) electrons. The van der Waals surface area contributed by atoms with Crippen LogP contribution in [0.3, 0.4) is 0 Å². The van der Waals surface area contributed by atoms with Gasteiger partial charge in [-0.25, -0.2) is 0 Å². The number of benzene rings is 2. The summed E-state index contributed by atoms with van der Waals surface area (Å²) in [6.45, 7) is 2.01. The van der Waals surface area contributed by atoms with E-state index in [4.69, 9.17) is 18.4 Å². The number of aromatic nitrogens is 1. The van der Waals surface area contributed by atoms with Crippen molar-refractivity contribution in [2.75, 3.05) is 0 Å². The van der Waals surface area contributed by atoms with E-state index in [9.17, 15) is 4.79 Å². The number of fused-ring (bicyclic) bond motifs is 2. The van der Waals surface area contributed by atoms with Gasteiger partial charge < -0.3 is 23.7 Å². The van der Waals surface area contributed by atoms with Gasteiger partial charge in [0.2, 0.25) is 11.9 Å². The molecule has 3 heterocycles. The number of hydrogen-bond acceptors (Lipinski definition) is 6. The number of nitrogens with zero attached hydrogens (tertiary/aromatic N) is 1. The maximum Gasteiger partial charge on any atom is 0.265 e. The van der Waals surface area contributed by atoms with Gasteiger partial charge in [-0.15, -0.1) is 0 Å². The van der Waals surface area contributed by atoms with Crippen molar-refractivity contribution in [3.05, 3.63) is 66.4 Å². The summed E-state index contributed by atoms with van der Waals surface area (Å²) in [7, 11) is 0. The molecule has 4 aromatic rings. The topological polar surface area (TPSA) is 86.7 Å². The quantitative estimate of drug-likeness (QED) is 0.568. The molecule has 0 saturated carbocycles. The Morgan fingerprint density at radius 1 is 1.00 bits per heavy atom. The number of para-hydroxylation sites is 3. The van der Waals surface area contributed by atoms with E-state index in [0.29, 0.717) is 28.7 Å². The molecule has 7 heteroatoms. The van der Waals surface area contributed by atoms with E-state index in [2.05, 4.69) is 10.5 Å². The minimum absolute atomic E-state index is 0.205. The fraction of sp³-hybridized carbons (Fsp3) is 0.182. The van der Waals surface area contributed by atoms with Crippen LogP contribution in [0.15, 0.2) is 69.6 Å². The maximum absolute atomic E-state index is 12.6. The van der Waals surface area contributed by atoms with E-state index < -0.39 is 12.2 Å². The zero-order valence-electron chi connectivity index (χ0n) is 15.6. The lowest BCUT2D eigenvalue weighted by Gasteiger charge is -2.30. The lowest BCUT2D eigenvalue weighted by atomic mass is 10.1. The molecule has 7 nitrogen and oxygen atoms in total. The first-order valence-corrected chi connectivity index (χ1v) is 9.32. The Labute approximate surface area is 166 Å². The summed E-state index contributed by atoms with van der Waals surface area (Å²) >= 11 is 0. The number of nitrogens with one attached hydrogen (secondary N) is 1. The van der Waals surface area contributed by atoms with E-state index >= 15 is 0 Å². The summed E-state index contributed by atoms with van der Waals surface area (Å²) in [5.41, 5.74) is 1.36.